The van der Waals surface area contributed by atoms with Crippen molar-refractivity contribution in [3.05, 3.63) is 28.0 Å². The lowest BCUT2D eigenvalue weighted by Gasteiger charge is -2.13. The maximum absolute atomic E-state index is 13.9. The molecule has 1 aromatic carbocycles. The Hall–Kier alpha value is -1.21. The highest BCUT2D eigenvalue weighted by Gasteiger charge is 2.13. The number of amides is 1. The monoisotopic (exact) mass is 333 g/mol. The second-order valence-electron chi connectivity index (χ2n) is 3.79. The molecule has 0 spiro atoms. The number of thiocarbonyl (C=S) groups is 1. The van der Waals surface area contributed by atoms with Gasteiger partial charge in [-0.1, -0.05) is 12.2 Å². The van der Waals surface area contributed by atoms with Gasteiger partial charge in [0.25, 0.3) is 0 Å². The number of rotatable bonds is 4. The minimum Gasteiger partial charge on any atom is -0.389 e. The van der Waals surface area contributed by atoms with Crippen LogP contribution in [-0.4, -0.2) is 36.4 Å². The molecule has 0 aromatic heterocycles. The fourth-order valence-corrected chi connectivity index (χ4v) is 2.07. The molecule has 0 saturated carbocycles. The molecule has 0 aliphatic carbocycles. The lowest BCUT2D eigenvalue weighted by molar-refractivity contribution is -0.126. The highest BCUT2D eigenvalue weighted by molar-refractivity contribution is 9.10. The van der Waals surface area contributed by atoms with Crippen molar-refractivity contribution in [1.82, 2.24) is 4.90 Å². The zero-order chi connectivity index (χ0) is 13.9. The molecule has 0 saturated heterocycles. The van der Waals surface area contributed by atoms with Crippen molar-refractivity contribution < 1.29 is 9.18 Å². The standard InChI is InChI=1S/C11H13BrFN3OS/c1-16(2)8(17)5-15-7-4-3-6(11(14)18)9(12)10(7)13/h3-4,15H,5H2,1-2H3,(H2,14,18). The average molecular weight is 334 g/mol. The minimum absolute atomic E-state index is 0.0166. The van der Waals surface area contributed by atoms with Crippen LogP contribution in [0.25, 0.3) is 0 Å². The number of likely N-dealkylation sites (N-methyl/N-ethyl adjacent to an activating group) is 1. The summed E-state index contributed by atoms with van der Waals surface area (Å²) in [6.45, 7) is 0.0166. The van der Waals surface area contributed by atoms with E-state index in [2.05, 4.69) is 21.2 Å². The van der Waals surface area contributed by atoms with E-state index in [1.54, 1.807) is 20.2 Å². The quantitative estimate of drug-likeness (QED) is 0.824. The number of carbonyl (C=O) groups excluding carboxylic acids is 1. The van der Waals surface area contributed by atoms with Gasteiger partial charge >= 0.3 is 0 Å². The number of nitrogens with zero attached hydrogens (tertiary/aromatic N) is 1. The van der Waals surface area contributed by atoms with Crippen LogP contribution >= 0.6 is 28.1 Å². The summed E-state index contributed by atoms with van der Waals surface area (Å²) in [7, 11) is 3.26. The third kappa shape index (κ3) is 3.39. The number of benzene rings is 1. The van der Waals surface area contributed by atoms with E-state index in [0.29, 0.717) is 5.56 Å². The highest BCUT2D eigenvalue weighted by atomic mass is 79.9. The molecule has 1 amide bonds. The lowest BCUT2D eigenvalue weighted by Crippen LogP contribution is -2.28. The fraction of sp³-hybridized carbons (Fsp3) is 0.273. The predicted molar refractivity (Wildman–Crippen MR) is 77.2 cm³/mol. The molecule has 0 aliphatic rings. The van der Waals surface area contributed by atoms with Gasteiger partial charge in [-0.25, -0.2) is 4.39 Å². The molecule has 0 atom stereocenters. The molecule has 4 nitrogen and oxygen atoms in total. The number of anilines is 1. The highest BCUT2D eigenvalue weighted by Crippen LogP contribution is 2.26. The zero-order valence-electron chi connectivity index (χ0n) is 9.96. The van der Waals surface area contributed by atoms with Crippen molar-refractivity contribution in [3.8, 4) is 0 Å². The molecule has 0 fully saturated rings. The molecule has 3 N–H and O–H groups in total. The van der Waals surface area contributed by atoms with E-state index >= 15 is 0 Å². The van der Waals surface area contributed by atoms with E-state index in [9.17, 15) is 9.18 Å². The van der Waals surface area contributed by atoms with Gasteiger partial charge in [-0.2, -0.15) is 0 Å². The smallest absolute Gasteiger partial charge is 0.241 e. The first-order chi connectivity index (χ1) is 8.34. The number of hydrogen-bond acceptors (Lipinski definition) is 3. The first-order valence-corrected chi connectivity index (χ1v) is 6.26. The van der Waals surface area contributed by atoms with Crippen LogP contribution in [0.15, 0.2) is 16.6 Å². The van der Waals surface area contributed by atoms with E-state index < -0.39 is 5.82 Å². The summed E-state index contributed by atoms with van der Waals surface area (Å²) in [5.41, 5.74) is 6.09. The fourth-order valence-electron chi connectivity index (χ4n) is 1.21. The SMILES string of the molecule is CN(C)C(=O)CNc1ccc(C(N)=S)c(Br)c1F. The van der Waals surface area contributed by atoms with Gasteiger partial charge in [0.05, 0.1) is 16.7 Å². The molecule has 7 heteroatoms. The van der Waals surface area contributed by atoms with Crippen LogP contribution in [0.3, 0.4) is 0 Å². The maximum atomic E-state index is 13.9. The Morgan fingerprint density at radius 1 is 1.56 bits per heavy atom. The Morgan fingerprint density at radius 3 is 2.67 bits per heavy atom. The summed E-state index contributed by atoms with van der Waals surface area (Å²) in [5.74, 6) is -0.671. The third-order valence-electron chi connectivity index (χ3n) is 2.28. The molecule has 1 rings (SSSR count). The molecule has 98 valence electrons. The van der Waals surface area contributed by atoms with Crippen LogP contribution in [0.4, 0.5) is 10.1 Å². The molecule has 0 radical (unpaired) electrons. The van der Waals surface area contributed by atoms with Gasteiger partial charge in [-0.3, -0.25) is 4.79 Å². The Bertz CT molecular complexity index is 493. The molecule has 0 aliphatic heterocycles. The summed E-state index contributed by atoms with van der Waals surface area (Å²) < 4.78 is 14.1. The van der Waals surface area contributed by atoms with Gasteiger partial charge in [0.1, 0.15) is 4.99 Å². The molecule has 0 bridgehead atoms. The van der Waals surface area contributed by atoms with Crippen LogP contribution in [-0.2, 0) is 4.79 Å². The van der Waals surface area contributed by atoms with Gasteiger partial charge in [-0.15, -0.1) is 0 Å². The van der Waals surface area contributed by atoms with E-state index in [4.69, 9.17) is 18.0 Å². The number of halogens is 2. The van der Waals surface area contributed by atoms with E-state index in [1.165, 1.54) is 11.0 Å². The maximum Gasteiger partial charge on any atom is 0.241 e. The van der Waals surface area contributed by atoms with Gasteiger partial charge in [0.2, 0.25) is 5.91 Å². The average Bonchev–Trinajstić information content (AvgIpc) is 2.30. The first kappa shape index (κ1) is 14.8. The van der Waals surface area contributed by atoms with Crippen LogP contribution in [0.1, 0.15) is 5.56 Å². The predicted octanol–water partition coefficient (Wildman–Crippen LogP) is 1.72. The Labute approximate surface area is 118 Å². The lowest BCUT2D eigenvalue weighted by atomic mass is 10.2. The second-order valence-corrected chi connectivity index (χ2v) is 5.03. The van der Waals surface area contributed by atoms with Crippen molar-refractivity contribution in [2.75, 3.05) is 26.0 Å². The third-order valence-corrected chi connectivity index (χ3v) is 3.27. The van der Waals surface area contributed by atoms with Crippen LogP contribution in [0, 0.1) is 5.82 Å². The van der Waals surface area contributed by atoms with Crippen molar-refractivity contribution in [1.29, 1.82) is 0 Å². The summed E-state index contributed by atoms with van der Waals surface area (Å²) in [6.07, 6.45) is 0. The Morgan fingerprint density at radius 2 is 2.17 bits per heavy atom. The van der Waals surface area contributed by atoms with Gasteiger partial charge in [0, 0.05) is 19.7 Å². The van der Waals surface area contributed by atoms with E-state index in [0.717, 1.165) is 0 Å². The van der Waals surface area contributed by atoms with Gasteiger partial charge in [-0.05, 0) is 28.1 Å². The molecule has 18 heavy (non-hydrogen) atoms. The number of hydrogen-bond donors (Lipinski definition) is 2. The van der Waals surface area contributed by atoms with Crippen LogP contribution in [0.2, 0.25) is 0 Å². The first-order valence-electron chi connectivity index (χ1n) is 5.06. The van der Waals surface area contributed by atoms with Gasteiger partial charge in [0.15, 0.2) is 5.82 Å². The van der Waals surface area contributed by atoms with Crippen molar-refractivity contribution >= 4 is 44.7 Å². The van der Waals surface area contributed by atoms with Gasteiger partial charge < -0.3 is 16.0 Å². The second kappa shape index (κ2) is 6.10. The normalized spacial score (nSPS) is 10.0. The van der Waals surface area contributed by atoms with Crippen LogP contribution in [0.5, 0.6) is 0 Å². The summed E-state index contributed by atoms with van der Waals surface area (Å²) in [4.78, 5) is 12.9. The topological polar surface area (TPSA) is 58.4 Å². The molecule has 0 heterocycles. The summed E-state index contributed by atoms with van der Waals surface area (Å²) in [5, 5.41) is 2.72. The molecule has 1 aromatic rings. The molecular weight excluding hydrogens is 321 g/mol. The molecular formula is C11H13BrFN3OS. The number of nitrogens with two attached hydrogens (primary N) is 1. The summed E-state index contributed by atoms with van der Waals surface area (Å²) in [6, 6.07) is 3.09. The number of nitrogens with one attached hydrogen (secondary N) is 1. The van der Waals surface area contributed by atoms with Crippen molar-refractivity contribution in [3.63, 3.8) is 0 Å². The van der Waals surface area contributed by atoms with Crippen molar-refractivity contribution in [2.24, 2.45) is 5.73 Å². The van der Waals surface area contributed by atoms with E-state index in [1.807, 2.05) is 0 Å². The van der Waals surface area contributed by atoms with E-state index in [-0.39, 0.29) is 27.6 Å². The minimum atomic E-state index is -0.521. The van der Waals surface area contributed by atoms with Crippen molar-refractivity contribution in [2.45, 2.75) is 0 Å². The largest absolute Gasteiger partial charge is 0.389 e. The zero-order valence-corrected chi connectivity index (χ0v) is 12.4. The Kier molecular flexibility index (Phi) is 5.03. The van der Waals surface area contributed by atoms with Crippen LogP contribution < -0.4 is 11.1 Å². The number of carbonyl (C=O) groups is 1. The Balaban J connectivity index is 2.89. The summed E-state index contributed by atoms with van der Waals surface area (Å²) >= 11 is 7.88. The molecule has 0 unspecified atom stereocenters.